The summed E-state index contributed by atoms with van der Waals surface area (Å²) in [5.41, 5.74) is 1.50. The minimum absolute atomic E-state index is 0.148. The Hall–Kier alpha value is -2.95. The zero-order chi connectivity index (χ0) is 27.8. The molecule has 0 saturated heterocycles. The number of rotatable bonds is 6. The third kappa shape index (κ3) is 5.51. The Bertz CT molecular complexity index is 1240. The van der Waals surface area contributed by atoms with Crippen molar-refractivity contribution in [2.75, 3.05) is 28.3 Å². The average Bonchev–Trinajstić information content (AvgIpc) is 2.82. The molecule has 0 heterocycles. The fourth-order valence-corrected chi connectivity index (χ4v) is 7.89. The third-order valence-corrected chi connectivity index (χ3v) is 10.2. The van der Waals surface area contributed by atoms with Gasteiger partial charge in [0.05, 0.1) is 30.5 Å². The van der Waals surface area contributed by atoms with E-state index in [9.17, 15) is 10.2 Å². The molecule has 0 atom stereocenters. The first kappa shape index (κ1) is 28.6. The van der Waals surface area contributed by atoms with Crippen LogP contribution in [0.25, 0.3) is 0 Å². The number of aromatic hydroxyl groups is 2. The summed E-state index contributed by atoms with van der Waals surface area (Å²) in [7, 11) is 4.06. The second-order valence-electron chi connectivity index (χ2n) is 11.5. The van der Waals surface area contributed by atoms with Gasteiger partial charge in [0.1, 0.15) is 30.2 Å². The maximum Gasteiger partial charge on any atom is 0.130 e. The highest BCUT2D eigenvalue weighted by molar-refractivity contribution is 7.79. The Morgan fingerprint density at radius 1 is 0.703 bits per heavy atom. The summed E-state index contributed by atoms with van der Waals surface area (Å²) in [4.78, 5) is 0. The van der Waals surface area contributed by atoms with Crippen LogP contribution in [0.4, 0.5) is 5.69 Å². The van der Waals surface area contributed by atoms with Crippen molar-refractivity contribution in [2.45, 2.75) is 52.4 Å². The zero-order valence-electron chi connectivity index (χ0n) is 23.7. The van der Waals surface area contributed by atoms with Gasteiger partial charge >= 0.3 is 0 Å². The van der Waals surface area contributed by atoms with E-state index in [1.807, 2.05) is 73.4 Å². The molecule has 0 aliphatic carbocycles. The van der Waals surface area contributed by atoms with Crippen molar-refractivity contribution in [2.24, 2.45) is 4.74 Å². The lowest BCUT2D eigenvalue weighted by atomic mass is 9.86. The van der Waals surface area contributed by atoms with E-state index in [2.05, 4.69) is 41.5 Å². The van der Waals surface area contributed by atoms with Gasteiger partial charge in [0, 0.05) is 11.1 Å². The van der Waals surface area contributed by atoms with E-state index in [0.717, 1.165) is 16.8 Å². The predicted octanol–water partition coefficient (Wildman–Crippen LogP) is 6.67. The topological polar surface area (TPSA) is 74.5 Å². The van der Waals surface area contributed by atoms with Crippen LogP contribution in [0, 0.1) is 0 Å². The van der Waals surface area contributed by atoms with Crippen molar-refractivity contribution in [3.63, 3.8) is 0 Å². The SMILES string of the molecule is COc1cc(C(C)(C)C)c(O)c(P(=Nc2ccccc2)(c2cc(OC)cc(C(C)(C)C)c2O)N(C)C)c1. The van der Waals surface area contributed by atoms with Crippen molar-refractivity contribution in [1.29, 1.82) is 0 Å². The number of phenolic OH excluding ortho intramolecular Hbond substituents is 2. The molecule has 7 heteroatoms. The first-order valence-corrected chi connectivity index (χ1v) is 14.1. The summed E-state index contributed by atoms with van der Waals surface area (Å²) < 4.78 is 18.8. The molecule has 2 N–H and O–H groups in total. The fraction of sp³-hybridized carbons (Fsp3) is 0.400. The second-order valence-corrected chi connectivity index (χ2v) is 14.6. The summed E-state index contributed by atoms with van der Waals surface area (Å²) in [6.45, 7) is 12.3. The standard InChI is InChI=1S/C30H41N2O4P/c1-29(2,3)23-16-21(35-9)18-25(27(23)33)37(32(7)8,31-20-14-12-11-13-15-20)26-19-22(36-10)17-24(28(26)34)30(4,5)6/h11-19,33-34H,1-10H3. The van der Waals surface area contributed by atoms with E-state index in [1.165, 1.54) is 0 Å². The number of hydrogen-bond donors (Lipinski definition) is 2. The summed E-state index contributed by atoms with van der Waals surface area (Å²) in [6, 6.07) is 17.1. The number of ether oxygens (including phenoxy) is 2. The van der Waals surface area contributed by atoms with Crippen LogP contribution in [0.2, 0.25) is 0 Å². The van der Waals surface area contributed by atoms with E-state index in [-0.39, 0.29) is 22.3 Å². The molecule has 0 spiro atoms. The molecule has 0 aliphatic heterocycles. The monoisotopic (exact) mass is 524 g/mol. The molecular weight excluding hydrogens is 483 g/mol. The van der Waals surface area contributed by atoms with Crippen LogP contribution in [-0.4, -0.2) is 43.2 Å². The van der Waals surface area contributed by atoms with Crippen molar-refractivity contribution < 1.29 is 19.7 Å². The highest BCUT2D eigenvalue weighted by Crippen LogP contribution is 2.58. The average molecular weight is 525 g/mol. The first-order valence-electron chi connectivity index (χ1n) is 12.4. The smallest absolute Gasteiger partial charge is 0.130 e. The second kappa shape index (κ2) is 10.4. The molecule has 0 radical (unpaired) electrons. The summed E-state index contributed by atoms with van der Waals surface area (Å²) >= 11 is 0. The minimum Gasteiger partial charge on any atom is -0.507 e. The number of hydrogen-bond acceptors (Lipinski definition) is 5. The van der Waals surface area contributed by atoms with Crippen LogP contribution in [0.5, 0.6) is 23.0 Å². The highest BCUT2D eigenvalue weighted by atomic mass is 31.2. The van der Waals surface area contributed by atoms with Gasteiger partial charge in [-0.2, -0.15) is 0 Å². The van der Waals surface area contributed by atoms with E-state index >= 15 is 0 Å². The predicted molar refractivity (Wildman–Crippen MR) is 155 cm³/mol. The molecule has 0 aliphatic rings. The lowest BCUT2D eigenvalue weighted by Gasteiger charge is -2.36. The lowest BCUT2D eigenvalue weighted by Crippen LogP contribution is -2.30. The molecular formula is C30H41N2O4P. The quantitative estimate of drug-likeness (QED) is 0.352. The van der Waals surface area contributed by atoms with Crippen LogP contribution in [-0.2, 0) is 10.8 Å². The van der Waals surface area contributed by atoms with Gasteiger partial charge in [-0.3, -0.25) is 4.67 Å². The Labute approximate surface area is 222 Å². The third-order valence-electron chi connectivity index (χ3n) is 6.48. The van der Waals surface area contributed by atoms with Crippen molar-refractivity contribution in [1.82, 2.24) is 4.67 Å². The van der Waals surface area contributed by atoms with E-state index in [1.54, 1.807) is 14.2 Å². The molecule has 3 aromatic carbocycles. The van der Waals surface area contributed by atoms with Crippen LogP contribution < -0.4 is 20.1 Å². The van der Waals surface area contributed by atoms with Crippen molar-refractivity contribution in [3.8, 4) is 23.0 Å². The molecule has 6 nitrogen and oxygen atoms in total. The fourth-order valence-electron chi connectivity index (χ4n) is 4.46. The van der Waals surface area contributed by atoms with Gasteiger partial charge in [-0.05, 0) is 61.3 Å². The largest absolute Gasteiger partial charge is 0.507 e. The number of methoxy groups -OCH3 is 2. The van der Waals surface area contributed by atoms with Crippen molar-refractivity contribution in [3.05, 3.63) is 65.7 Å². The molecule has 200 valence electrons. The normalized spacial score (nSPS) is 12.5. The van der Waals surface area contributed by atoms with Crippen LogP contribution in [0.3, 0.4) is 0 Å². The molecule has 3 aromatic rings. The summed E-state index contributed by atoms with van der Waals surface area (Å²) in [5, 5.41) is 25.0. The Kier molecular flexibility index (Phi) is 8.07. The molecule has 37 heavy (non-hydrogen) atoms. The molecule has 0 aromatic heterocycles. The highest BCUT2D eigenvalue weighted by Gasteiger charge is 2.38. The van der Waals surface area contributed by atoms with E-state index in [4.69, 9.17) is 14.2 Å². The van der Waals surface area contributed by atoms with Gasteiger partial charge in [-0.25, -0.2) is 4.74 Å². The van der Waals surface area contributed by atoms with Crippen LogP contribution >= 0.6 is 7.21 Å². The Morgan fingerprint density at radius 2 is 1.11 bits per heavy atom. The first-order chi connectivity index (χ1) is 17.2. The zero-order valence-corrected chi connectivity index (χ0v) is 24.6. The van der Waals surface area contributed by atoms with Gasteiger partial charge in [0.15, 0.2) is 0 Å². The molecule has 3 rings (SSSR count). The number of benzene rings is 3. The molecule has 0 unspecified atom stereocenters. The van der Waals surface area contributed by atoms with Gasteiger partial charge in [0.25, 0.3) is 0 Å². The number of nitrogens with zero attached hydrogens (tertiary/aromatic N) is 2. The maximum atomic E-state index is 11.9. The minimum atomic E-state index is -3.04. The lowest BCUT2D eigenvalue weighted by molar-refractivity contribution is 0.406. The molecule has 0 fully saturated rings. The van der Waals surface area contributed by atoms with E-state index < -0.39 is 7.21 Å². The maximum absolute atomic E-state index is 11.9. The van der Waals surface area contributed by atoms with Gasteiger partial charge in [0.2, 0.25) is 0 Å². The summed E-state index contributed by atoms with van der Waals surface area (Å²) in [6.07, 6.45) is 0. The van der Waals surface area contributed by atoms with Crippen molar-refractivity contribution >= 4 is 23.5 Å². The van der Waals surface area contributed by atoms with Crippen LogP contribution in [0.1, 0.15) is 52.7 Å². The summed E-state index contributed by atoms with van der Waals surface area (Å²) in [5.74, 6) is 1.53. The Morgan fingerprint density at radius 3 is 1.43 bits per heavy atom. The van der Waals surface area contributed by atoms with Crippen LogP contribution in [0.15, 0.2) is 59.3 Å². The molecule has 0 bridgehead atoms. The Balaban J connectivity index is 2.67. The molecule has 0 saturated carbocycles. The van der Waals surface area contributed by atoms with E-state index in [0.29, 0.717) is 22.1 Å². The van der Waals surface area contributed by atoms with Gasteiger partial charge < -0.3 is 19.7 Å². The van der Waals surface area contributed by atoms with Gasteiger partial charge in [-0.1, -0.05) is 59.7 Å². The van der Waals surface area contributed by atoms with Gasteiger partial charge in [-0.15, -0.1) is 0 Å². The molecule has 0 amide bonds. The number of phenols is 2.